The predicted molar refractivity (Wildman–Crippen MR) is 83.3 cm³/mol. The lowest BCUT2D eigenvalue weighted by Gasteiger charge is -2.33. The Hall–Kier alpha value is -1.92. The van der Waals surface area contributed by atoms with Gasteiger partial charge in [-0.3, -0.25) is 14.8 Å². The van der Waals surface area contributed by atoms with Crippen molar-refractivity contribution in [3.05, 3.63) is 52.2 Å². The van der Waals surface area contributed by atoms with Crippen LogP contribution in [0.2, 0.25) is 0 Å². The van der Waals surface area contributed by atoms with Crippen molar-refractivity contribution in [2.75, 3.05) is 13.1 Å². The first-order valence-electron chi connectivity index (χ1n) is 7.83. The van der Waals surface area contributed by atoms with Crippen LogP contribution in [0.5, 0.6) is 0 Å². The monoisotopic (exact) mass is 299 g/mol. The van der Waals surface area contributed by atoms with Crippen LogP contribution in [0, 0.1) is 0 Å². The predicted octanol–water partition coefficient (Wildman–Crippen LogP) is 0.567. The van der Waals surface area contributed by atoms with Gasteiger partial charge in [0.15, 0.2) is 0 Å². The van der Waals surface area contributed by atoms with E-state index in [1.807, 2.05) is 0 Å². The van der Waals surface area contributed by atoms with Crippen LogP contribution < -0.4 is 5.69 Å². The second-order valence-corrected chi connectivity index (χ2v) is 6.39. The number of aromatic amines is 1. The second-order valence-electron chi connectivity index (χ2n) is 6.39. The maximum absolute atomic E-state index is 11.4. The average molecular weight is 299 g/mol. The van der Waals surface area contributed by atoms with Gasteiger partial charge in [-0.25, -0.2) is 9.48 Å². The molecule has 0 aliphatic carbocycles. The third-order valence-electron chi connectivity index (χ3n) is 4.86. The highest BCUT2D eigenvalue weighted by molar-refractivity contribution is 5.15. The van der Waals surface area contributed by atoms with Gasteiger partial charge in [0.25, 0.3) is 0 Å². The van der Waals surface area contributed by atoms with E-state index >= 15 is 0 Å². The standard InChI is InChI=1S/C16H21N5O/c1-19-16(22)17-15(18-19)11-21-10-13-7-14(21)9-20(13)8-12-5-3-2-4-6-12/h2-6,13-14H,7-11H2,1H3,(H,17,18,22)/t13-,14-/m0/s1. The van der Waals surface area contributed by atoms with Crippen LogP contribution in [-0.4, -0.2) is 49.7 Å². The number of likely N-dealkylation sites (tertiary alicyclic amines) is 2. The van der Waals surface area contributed by atoms with Crippen LogP contribution in [0.25, 0.3) is 0 Å². The van der Waals surface area contributed by atoms with Crippen molar-refractivity contribution in [2.45, 2.75) is 31.6 Å². The summed E-state index contributed by atoms with van der Waals surface area (Å²) in [5, 5.41) is 4.24. The lowest BCUT2D eigenvalue weighted by molar-refractivity contribution is 0.116. The smallest absolute Gasteiger partial charge is 0.293 e. The maximum Gasteiger partial charge on any atom is 0.343 e. The molecule has 2 saturated heterocycles. The zero-order chi connectivity index (χ0) is 15.1. The molecule has 0 amide bonds. The maximum atomic E-state index is 11.4. The molecule has 4 rings (SSSR count). The zero-order valence-electron chi connectivity index (χ0n) is 12.8. The molecule has 0 saturated carbocycles. The van der Waals surface area contributed by atoms with E-state index in [1.165, 1.54) is 16.7 Å². The molecule has 2 fully saturated rings. The van der Waals surface area contributed by atoms with E-state index in [0.29, 0.717) is 12.1 Å². The molecule has 2 aliphatic rings. The summed E-state index contributed by atoms with van der Waals surface area (Å²) in [5.74, 6) is 0.773. The molecular formula is C16H21N5O. The number of aryl methyl sites for hydroxylation is 1. The van der Waals surface area contributed by atoms with Gasteiger partial charge in [0.1, 0.15) is 5.82 Å². The fourth-order valence-corrected chi connectivity index (χ4v) is 3.76. The number of piperazine rings is 1. The molecule has 1 aromatic heterocycles. The molecule has 22 heavy (non-hydrogen) atoms. The highest BCUT2D eigenvalue weighted by Gasteiger charge is 2.43. The largest absolute Gasteiger partial charge is 0.343 e. The summed E-state index contributed by atoms with van der Waals surface area (Å²) >= 11 is 0. The zero-order valence-corrected chi connectivity index (χ0v) is 12.8. The van der Waals surface area contributed by atoms with Crippen LogP contribution in [0.1, 0.15) is 17.8 Å². The fraction of sp³-hybridized carbons (Fsp3) is 0.500. The number of benzene rings is 1. The molecule has 116 valence electrons. The Kier molecular flexibility index (Phi) is 3.35. The molecule has 1 aromatic carbocycles. The fourth-order valence-electron chi connectivity index (χ4n) is 3.76. The van der Waals surface area contributed by atoms with E-state index < -0.39 is 0 Å². The number of fused-ring (bicyclic) bond motifs is 2. The van der Waals surface area contributed by atoms with Gasteiger partial charge in [-0.2, -0.15) is 5.10 Å². The SMILES string of the molecule is Cn1nc(CN2C[C@@H]3C[C@H]2CN3Cc2ccccc2)[nH]c1=O. The second kappa shape index (κ2) is 5.37. The minimum absolute atomic E-state index is 0.134. The van der Waals surface area contributed by atoms with Gasteiger partial charge in [-0.1, -0.05) is 30.3 Å². The summed E-state index contributed by atoms with van der Waals surface area (Å²) in [6.07, 6.45) is 1.23. The van der Waals surface area contributed by atoms with E-state index in [2.05, 4.69) is 50.2 Å². The number of aromatic nitrogens is 3. The Morgan fingerprint density at radius 1 is 1.14 bits per heavy atom. The molecule has 0 unspecified atom stereocenters. The minimum Gasteiger partial charge on any atom is -0.293 e. The first-order chi connectivity index (χ1) is 10.7. The van der Waals surface area contributed by atoms with Crippen molar-refractivity contribution in [1.29, 1.82) is 0 Å². The summed E-state index contributed by atoms with van der Waals surface area (Å²) in [5.41, 5.74) is 1.25. The number of nitrogens with one attached hydrogen (secondary N) is 1. The summed E-state index contributed by atoms with van der Waals surface area (Å²) in [6.45, 7) is 3.96. The average Bonchev–Trinajstić information content (AvgIpc) is 3.16. The topological polar surface area (TPSA) is 57.2 Å². The van der Waals surface area contributed by atoms with Crippen molar-refractivity contribution in [2.24, 2.45) is 7.05 Å². The first-order valence-corrected chi connectivity index (χ1v) is 7.83. The normalized spacial score (nSPS) is 25.1. The van der Waals surface area contributed by atoms with Crippen molar-refractivity contribution >= 4 is 0 Å². The summed E-state index contributed by atoms with van der Waals surface area (Å²) in [6, 6.07) is 11.9. The van der Waals surface area contributed by atoms with Gasteiger partial charge < -0.3 is 0 Å². The highest BCUT2D eigenvalue weighted by atomic mass is 16.1. The van der Waals surface area contributed by atoms with E-state index in [9.17, 15) is 4.79 Å². The quantitative estimate of drug-likeness (QED) is 0.896. The Morgan fingerprint density at radius 2 is 1.82 bits per heavy atom. The van der Waals surface area contributed by atoms with Crippen molar-refractivity contribution in [1.82, 2.24) is 24.6 Å². The van der Waals surface area contributed by atoms with Crippen molar-refractivity contribution in [3.63, 3.8) is 0 Å². The summed E-state index contributed by atoms with van der Waals surface area (Å²) in [7, 11) is 1.68. The lowest BCUT2D eigenvalue weighted by atomic mass is 10.2. The lowest BCUT2D eigenvalue weighted by Crippen LogP contribution is -2.45. The number of hydrogen-bond acceptors (Lipinski definition) is 4. The summed E-state index contributed by atoms with van der Waals surface area (Å²) in [4.78, 5) is 19.3. The van der Waals surface area contributed by atoms with Crippen LogP contribution >= 0.6 is 0 Å². The molecule has 2 aliphatic heterocycles. The van der Waals surface area contributed by atoms with E-state index in [0.717, 1.165) is 32.0 Å². The minimum atomic E-state index is -0.134. The van der Waals surface area contributed by atoms with Crippen LogP contribution in [0.3, 0.4) is 0 Å². The Morgan fingerprint density at radius 3 is 2.41 bits per heavy atom. The summed E-state index contributed by atoms with van der Waals surface area (Å²) < 4.78 is 1.37. The van der Waals surface area contributed by atoms with E-state index in [4.69, 9.17) is 0 Å². The molecule has 0 radical (unpaired) electrons. The van der Waals surface area contributed by atoms with E-state index in [-0.39, 0.29) is 5.69 Å². The highest BCUT2D eigenvalue weighted by Crippen LogP contribution is 2.32. The molecule has 6 nitrogen and oxygen atoms in total. The van der Waals surface area contributed by atoms with Gasteiger partial charge in [-0.15, -0.1) is 0 Å². The van der Waals surface area contributed by atoms with Gasteiger partial charge in [-0.05, 0) is 12.0 Å². The number of H-pyrrole nitrogens is 1. The van der Waals surface area contributed by atoms with Crippen LogP contribution in [0.4, 0.5) is 0 Å². The van der Waals surface area contributed by atoms with Crippen molar-refractivity contribution < 1.29 is 0 Å². The van der Waals surface area contributed by atoms with Gasteiger partial charge >= 0.3 is 5.69 Å². The number of hydrogen-bond donors (Lipinski definition) is 1. The van der Waals surface area contributed by atoms with Gasteiger partial charge in [0.2, 0.25) is 0 Å². The number of nitrogens with zero attached hydrogens (tertiary/aromatic N) is 4. The van der Waals surface area contributed by atoms with E-state index in [1.54, 1.807) is 7.05 Å². The molecule has 2 atom stereocenters. The van der Waals surface area contributed by atoms with Crippen LogP contribution in [-0.2, 0) is 20.1 Å². The Balaban J connectivity index is 1.38. The molecule has 0 spiro atoms. The van der Waals surface area contributed by atoms with Gasteiger partial charge in [0, 0.05) is 38.8 Å². The first kappa shape index (κ1) is 13.7. The Labute approximate surface area is 129 Å². The Bertz CT molecular complexity index is 707. The third kappa shape index (κ3) is 2.48. The van der Waals surface area contributed by atoms with Crippen LogP contribution in [0.15, 0.2) is 35.1 Å². The van der Waals surface area contributed by atoms with Crippen molar-refractivity contribution in [3.8, 4) is 0 Å². The molecule has 1 N–H and O–H groups in total. The molecule has 3 heterocycles. The molecule has 2 bridgehead atoms. The molecule has 6 heteroatoms. The molecule has 2 aromatic rings. The van der Waals surface area contributed by atoms with Gasteiger partial charge in [0.05, 0.1) is 6.54 Å². The molecular weight excluding hydrogens is 278 g/mol. The number of rotatable bonds is 4. The third-order valence-corrected chi connectivity index (χ3v) is 4.86.